The number of halogens is 3. The summed E-state index contributed by atoms with van der Waals surface area (Å²) in [6.07, 6.45) is 0.591. The molecule has 0 radical (unpaired) electrons. The molecule has 210 valence electrons. The van der Waals surface area contributed by atoms with Gasteiger partial charge in [0.1, 0.15) is 11.2 Å². The topological polar surface area (TPSA) is 106 Å². The number of fused-ring (bicyclic) bond motifs is 1. The lowest BCUT2D eigenvalue weighted by Gasteiger charge is -2.32. The molecule has 0 amide bonds. The smallest absolute Gasteiger partial charge is 0.416 e. The lowest BCUT2D eigenvalue weighted by molar-refractivity contribution is -0.137. The van der Waals surface area contributed by atoms with Gasteiger partial charge in [-0.3, -0.25) is 4.98 Å². The van der Waals surface area contributed by atoms with Crippen molar-refractivity contribution < 1.29 is 23.1 Å². The Morgan fingerprint density at radius 1 is 1.12 bits per heavy atom. The van der Waals surface area contributed by atoms with Crippen molar-refractivity contribution in [3.8, 4) is 11.5 Å². The van der Waals surface area contributed by atoms with E-state index in [2.05, 4.69) is 34.1 Å². The van der Waals surface area contributed by atoms with Crippen LogP contribution in [0.5, 0.6) is 0 Å². The van der Waals surface area contributed by atoms with Gasteiger partial charge in [-0.05, 0) is 73.4 Å². The first-order chi connectivity index (χ1) is 18.9. The molecule has 1 unspecified atom stereocenters. The summed E-state index contributed by atoms with van der Waals surface area (Å²) in [6, 6.07) is 6.92. The number of imidazole rings is 1. The number of nitrogens with zero attached hydrogens (tertiary/aromatic N) is 5. The van der Waals surface area contributed by atoms with Crippen LogP contribution in [0.15, 0.2) is 36.5 Å². The van der Waals surface area contributed by atoms with Crippen molar-refractivity contribution in [2.45, 2.75) is 71.6 Å². The lowest BCUT2D eigenvalue weighted by Crippen LogP contribution is -2.31. The minimum atomic E-state index is -4.44. The molecule has 0 bridgehead atoms. The van der Waals surface area contributed by atoms with Crippen LogP contribution in [0.2, 0.25) is 0 Å². The molecule has 11 heteroatoms. The monoisotopic (exact) mass is 552 g/mol. The maximum absolute atomic E-state index is 13.2. The van der Waals surface area contributed by atoms with E-state index < -0.39 is 17.7 Å². The van der Waals surface area contributed by atoms with Crippen molar-refractivity contribution in [3.63, 3.8) is 0 Å². The first-order valence-electron chi connectivity index (χ1n) is 13.3. The molecule has 0 saturated heterocycles. The predicted octanol–water partition coefficient (Wildman–Crippen LogP) is 6.69. The van der Waals surface area contributed by atoms with E-state index in [1.54, 1.807) is 10.8 Å². The second-order valence-corrected chi connectivity index (χ2v) is 10.8. The van der Waals surface area contributed by atoms with E-state index in [1.165, 1.54) is 12.1 Å². The fourth-order valence-electron chi connectivity index (χ4n) is 5.12. The summed E-state index contributed by atoms with van der Waals surface area (Å²) in [5, 5.41) is 13.1. The quantitative estimate of drug-likeness (QED) is 0.251. The molecule has 1 aliphatic carbocycles. The summed E-state index contributed by atoms with van der Waals surface area (Å²) < 4.78 is 41.4. The highest BCUT2D eigenvalue weighted by molar-refractivity contribution is 5.92. The van der Waals surface area contributed by atoms with E-state index in [9.17, 15) is 23.1 Å². The van der Waals surface area contributed by atoms with Crippen LogP contribution in [-0.2, 0) is 12.7 Å². The number of nitrogens with one attached hydrogen (secondary N) is 1. The highest BCUT2D eigenvalue weighted by atomic mass is 19.4. The van der Waals surface area contributed by atoms with Gasteiger partial charge in [0.15, 0.2) is 17.3 Å². The van der Waals surface area contributed by atoms with Gasteiger partial charge >= 0.3 is 12.1 Å². The molecule has 0 spiro atoms. The van der Waals surface area contributed by atoms with Crippen molar-refractivity contribution in [1.82, 2.24) is 24.5 Å². The maximum atomic E-state index is 13.2. The standard InChI is InChI=1S/C29H31F3N6O2/c1-15(2)21-12-22(33-13-16(21)3)27-37-25-23(38(27)14-18-8-10-20(11-9-18)29(30,31)32)24(35-26(36-25)28(39)40)34-17(4)19-6-5-7-19/h8-13,15,17,19H,5-7,14H2,1-4H3,(H,39,40)(H,34,35,36). The van der Waals surface area contributed by atoms with Crippen LogP contribution in [0, 0.1) is 12.8 Å². The number of hydrogen-bond donors (Lipinski definition) is 2. The van der Waals surface area contributed by atoms with Crippen LogP contribution in [-0.4, -0.2) is 41.6 Å². The number of hydrogen-bond acceptors (Lipinski definition) is 6. The zero-order chi connectivity index (χ0) is 28.8. The Balaban J connectivity index is 1.71. The summed E-state index contributed by atoms with van der Waals surface area (Å²) in [7, 11) is 0. The van der Waals surface area contributed by atoms with Gasteiger partial charge in [-0.1, -0.05) is 32.4 Å². The van der Waals surface area contributed by atoms with Crippen LogP contribution < -0.4 is 5.32 Å². The molecule has 8 nitrogen and oxygen atoms in total. The Labute approximate surface area is 229 Å². The molecule has 4 aromatic rings. The first kappa shape index (κ1) is 27.5. The number of aryl methyl sites for hydroxylation is 1. The largest absolute Gasteiger partial charge is 0.475 e. The summed E-state index contributed by atoms with van der Waals surface area (Å²) >= 11 is 0. The Hall–Kier alpha value is -4.02. The van der Waals surface area contributed by atoms with Crippen LogP contribution in [0.3, 0.4) is 0 Å². The summed E-state index contributed by atoms with van der Waals surface area (Å²) in [6.45, 7) is 8.31. The van der Waals surface area contributed by atoms with Crippen molar-refractivity contribution in [2.24, 2.45) is 5.92 Å². The minimum absolute atomic E-state index is 0.0245. The summed E-state index contributed by atoms with van der Waals surface area (Å²) in [5.74, 6) is -0.279. The van der Waals surface area contributed by atoms with E-state index in [0.29, 0.717) is 34.3 Å². The number of carboxylic acids is 1. The SMILES string of the molecule is Cc1cnc(-c2nc3nc(C(=O)O)nc(NC(C)C4CCC4)c3n2Cc2ccc(C(F)(F)F)cc2)cc1C(C)C. The Kier molecular flexibility index (Phi) is 7.24. The fraction of sp³-hybridized carbons (Fsp3) is 0.414. The number of anilines is 1. The second-order valence-electron chi connectivity index (χ2n) is 10.8. The van der Waals surface area contributed by atoms with E-state index in [0.717, 1.165) is 42.5 Å². The van der Waals surface area contributed by atoms with E-state index in [1.807, 2.05) is 19.9 Å². The van der Waals surface area contributed by atoms with Crippen molar-refractivity contribution in [3.05, 3.63) is 64.6 Å². The van der Waals surface area contributed by atoms with Gasteiger partial charge in [0.05, 0.1) is 5.56 Å². The van der Waals surface area contributed by atoms with Crippen LogP contribution in [0.1, 0.15) is 78.8 Å². The molecule has 1 atom stereocenters. The molecule has 1 aliphatic rings. The molecule has 1 fully saturated rings. The van der Waals surface area contributed by atoms with E-state index in [4.69, 9.17) is 4.98 Å². The van der Waals surface area contributed by atoms with Gasteiger partial charge in [-0.15, -0.1) is 0 Å². The zero-order valence-corrected chi connectivity index (χ0v) is 22.8. The van der Waals surface area contributed by atoms with Gasteiger partial charge in [0.25, 0.3) is 0 Å². The van der Waals surface area contributed by atoms with Crippen LogP contribution in [0.25, 0.3) is 22.7 Å². The third kappa shape index (κ3) is 5.37. The number of alkyl halides is 3. The first-order valence-corrected chi connectivity index (χ1v) is 13.3. The van der Waals surface area contributed by atoms with E-state index in [-0.39, 0.29) is 30.0 Å². The fourth-order valence-corrected chi connectivity index (χ4v) is 5.12. The number of carbonyl (C=O) groups is 1. The molecule has 0 aliphatic heterocycles. The average Bonchev–Trinajstić information content (AvgIpc) is 3.21. The van der Waals surface area contributed by atoms with Gasteiger partial charge < -0.3 is 15.0 Å². The molecular weight excluding hydrogens is 521 g/mol. The van der Waals surface area contributed by atoms with Crippen molar-refractivity contribution >= 4 is 23.0 Å². The highest BCUT2D eigenvalue weighted by Gasteiger charge is 2.31. The second kappa shape index (κ2) is 10.5. The van der Waals surface area contributed by atoms with Crippen molar-refractivity contribution in [2.75, 3.05) is 5.32 Å². The zero-order valence-electron chi connectivity index (χ0n) is 22.8. The third-order valence-electron chi connectivity index (χ3n) is 7.63. The molecule has 3 heterocycles. The normalized spacial score (nSPS) is 14.9. The highest BCUT2D eigenvalue weighted by Crippen LogP contribution is 2.35. The minimum Gasteiger partial charge on any atom is -0.475 e. The number of carboxylic acid groups (broad SMARTS) is 1. The molecule has 2 N–H and O–H groups in total. The van der Waals surface area contributed by atoms with E-state index >= 15 is 0 Å². The molecular formula is C29H31F3N6O2. The van der Waals surface area contributed by atoms with Gasteiger partial charge in [0, 0.05) is 18.8 Å². The Bertz CT molecular complexity index is 1560. The van der Waals surface area contributed by atoms with Gasteiger partial charge in [0.2, 0.25) is 5.82 Å². The summed E-state index contributed by atoms with van der Waals surface area (Å²) in [5.41, 5.74) is 3.16. The number of rotatable bonds is 8. The molecule has 3 aromatic heterocycles. The molecule has 5 rings (SSSR count). The Morgan fingerprint density at radius 3 is 2.40 bits per heavy atom. The van der Waals surface area contributed by atoms with Gasteiger partial charge in [-0.2, -0.15) is 13.2 Å². The number of pyridine rings is 1. The van der Waals surface area contributed by atoms with Crippen molar-refractivity contribution in [1.29, 1.82) is 0 Å². The number of benzene rings is 1. The third-order valence-corrected chi connectivity index (χ3v) is 7.63. The Morgan fingerprint density at radius 2 is 1.82 bits per heavy atom. The number of aromatic carboxylic acids is 1. The lowest BCUT2D eigenvalue weighted by atomic mass is 9.80. The number of aromatic nitrogens is 5. The van der Waals surface area contributed by atoms with Crippen LogP contribution >= 0.6 is 0 Å². The van der Waals surface area contributed by atoms with Crippen LogP contribution in [0.4, 0.5) is 19.0 Å². The molecule has 1 saturated carbocycles. The maximum Gasteiger partial charge on any atom is 0.416 e. The predicted molar refractivity (Wildman–Crippen MR) is 145 cm³/mol. The van der Waals surface area contributed by atoms with Gasteiger partial charge in [-0.25, -0.2) is 19.7 Å². The average molecular weight is 553 g/mol. The summed E-state index contributed by atoms with van der Waals surface area (Å²) in [4.78, 5) is 29.8. The molecule has 40 heavy (non-hydrogen) atoms. The molecule has 1 aromatic carbocycles.